The molecule has 1 amide bonds. The van der Waals surface area contributed by atoms with Gasteiger partial charge < -0.3 is 5.32 Å². The molecule has 0 unspecified atom stereocenters. The van der Waals surface area contributed by atoms with E-state index >= 15 is 0 Å². The van der Waals surface area contributed by atoms with Crippen LogP contribution < -0.4 is 11.0 Å². The van der Waals surface area contributed by atoms with E-state index in [4.69, 9.17) is 11.6 Å². The summed E-state index contributed by atoms with van der Waals surface area (Å²) in [5, 5.41) is 12.3. The molecule has 1 aliphatic rings. The van der Waals surface area contributed by atoms with Crippen molar-refractivity contribution in [1.29, 1.82) is 0 Å². The Morgan fingerprint density at radius 3 is 2.51 bits per heavy atom. The SMILES string of the molecule is Cc1ncc(Cl)cc1C(=O)NC1CCC(Cn2c(=O)n(-c3ccc4[nH]nc(-c5ccccc5)c4c3)c3ccccc32)CC1. The molecule has 9 heteroatoms. The number of amides is 1. The van der Waals surface area contributed by atoms with Gasteiger partial charge in [0.25, 0.3) is 5.91 Å². The third kappa shape index (κ3) is 5.12. The number of hydrogen-bond donors (Lipinski definition) is 2. The molecule has 8 nitrogen and oxygen atoms in total. The monoisotopic (exact) mass is 590 g/mol. The number of fused-ring (bicyclic) bond motifs is 2. The summed E-state index contributed by atoms with van der Waals surface area (Å²) < 4.78 is 3.72. The zero-order valence-corrected chi connectivity index (χ0v) is 24.5. The minimum absolute atomic E-state index is 0.0512. The molecule has 3 aromatic heterocycles. The second-order valence-corrected chi connectivity index (χ2v) is 11.8. The number of imidazole rings is 1. The van der Waals surface area contributed by atoms with E-state index < -0.39 is 0 Å². The smallest absolute Gasteiger partial charge is 0.333 e. The number of carbonyl (C=O) groups excluding carboxylic acids is 1. The van der Waals surface area contributed by atoms with Gasteiger partial charge >= 0.3 is 5.69 Å². The van der Waals surface area contributed by atoms with Crippen molar-refractivity contribution in [1.82, 2.24) is 29.6 Å². The summed E-state index contributed by atoms with van der Waals surface area (Å²) in [4.78, 5) is 31.1. The maximum Gasteiger partial charge on any atom is 0.333 e. The van der Waals surface area contributed by atoms with Crippen LogP contribution in [-0.4, -0.2) is 36.3 Å². The molecule has 3 heterocycles. The summed E-state index contributed by atoms with van der Waals surface area (Å²) in [6.45, 7) is 2.44. The minimum Gasteiger partial charge on any atom is -0.349 e. The number of nitrogens with zero attached hydrogens (tertiary/aromatic N) is 4. The van der Waals surface area contributed by atoms with Crippen LogP contribution in [0.25, 0.3) is 38.9 Å². The van der Waals surface area contributed by atoms with E-state index in [2.05, 4.69) is 20.5 Å². The number of hydrogen-bond acceptors (Lipinski definition) is 4. The Morgan fingerprint density at radius 2 is 1.72 bits per heavy atom. The van der Waals surface area contributed by atoms with Gasteiger partial charge in [0.1, 0.15) is 0 Å². The van der Waals surface area contributed by atoms with Crippen molar-refractivity contribution in [2.45, 2.75) is 45.2 Å². The van der Waals surface area contributed by atoms with Crippen LogP contribution in [-0.2, 0) is 6.54 Å². The van der Waals surface area contributed by atoms with Crippen LogP contribution >= 0.6 is 11.6 Å². The lowest BCUT2D eigenvalue weighted by Gasteiger charge is -2.29. The van der Waals surface area contributed by atoms with Gasteiger partial charge in [-0.05, 0) is 74.9 Å². The second kappa shape index (κ2) is 11.2. The summed E-state index contributed by atoms with van der Waals surface area (Å²) in [5.74, 6) is 0.195. The van der Waals surface area contributed by atoms with Crippen molar-refractivity contribution in [3.63, 3.8) is 0 Å². The molecule has 43 heavy (non-hydrogen) atoms. The average Bonchev–Trinajstić information content (AvgIpc) is 3.57. The number of pyridine rings is 1. The number of carbonyl (C=O) groups is 1. The van der Waals surface area contributed by atoms with Gasteiger partial charge in [-0.2, -0.15) is 5.10 Å². The number of halogens is 1. The second-order valence-electron chi connectivity index (χ2n) is 11.4. The van der Waals surface area contributed by atoms with Crippen LogP contribution in [0.15, 0.2) is 89.9 Å². The van der Waals surface area contributed by atoms with Crippen LogP contribution in [0.2, 0.25) is 5.02 Å². The van der Waals surface area contributed by atoms with E-state index in [9.17, 15) is 9.59 Å². The van der Waals surface area contributed by atoms with Gasteiger partial charge in [-0.25, -0.2) is 4.79 Å². The fourth-order valence-electron chi connectivity index (χ4n) is 6.34. The number of H-pyrrole nitrogens is 1. The van der Waals surface area contributed by atoms with E-state index in [0.29, 0.717) is 28.7 Å². The number of aromatic nitrogens is 5. The molecular formula is C34H31ClN6O2. The Labute approximate surface area is 253 Å². The Morgan fingerprint density at radius 1 is 0.977 bits per heavy atom. The predicted octanol–water partition coefficient (Wildman–Crippen LogP) is 6.68. The third-order valence-corrected chi connectivity index (χ3v) is 8.82. The fourth-order valence-corrected chi connectivity index (χ4v) is 6.50. The topological polar surface area (TPSA) is 97.6 Å². The van der Waals surface area contributed by atoms with Gasteiger partial charge in [0, 0.05) is 29.7 Å². The van der Waals surface area contributed by atoms with Crippen LogP contribution in [0.4, 0.5) is 0 Å². The molecule has 0 saturated heterocycles. The lowest BCUT2D eigenvalue weighted by atomic mass is 9.85. The van der Waals surface area contributed by atoms with Gasteiger partial charge in [-0.1, -0.05) is 54.1 Å². The van der Waals surface area contributed by atoms with Crippen LogP contribution in [0.3, 0.4) is 0 Å². The van der Waals surface area contributed by atoms with E-state index in [-0.39, 0.29) is 17.6 Å². The summed E-state index contributed by atoms with van der Waals surface area (Å²) in [6.07, 6.45) is 5.11. The Bertz CT molecular complexity index is 2020. The first kappa shape index (κ1) is 27.2. The zero-order valence-electron chi connectivity index (χ0n) is 23.8. The predicted molar refractivity (Wildman–Crippen MR) is 170 cm³/mol. The highest BCUT2D eigenvalue weighted by atomic mass is 35.5. The molecule has 7 rings (SSSR count). The summed E-state index contributed by atoms with van der Waals surface area (Å²) in [5.41, 5.74) is 6.53. The minimum atomic E-state index is -0.139. The molecule has 1 aliphatic carbocycles. The molecule has 6 aromatic rings. The van der Waals surface area contributed by atoms with Crippen molar-refractivity contribution in [3.8, 4) is 16.9 Å². The number of nitrogens with one attached hydrogen (secondary N) is 2. The molecule has 2 N–H and O–H groups in total. The summed E-state index contributed by atoms with van der Waals surface area (Å²) in [6, 6.07) is 25.8. The first-order valence-corrected chi connectivity index (χ1v) is 15.0. The first-order valence-electron chi connectivity index (χ1n) is 14.6. The summed E-state index contributed by atoms with van der Waals surface area (Å²) in [7, 11) is 0. The highest BCUT2D eigenvalue weighted by Gasteiger charge is 2.26. The number of benzene rings is 3. The largest absolute Gasteiger partial charge is 0.349 e. The maximum atomic E-state index is 14.0. The lowest BCUT2D eigenvalue weighted by molar-refractivity contribution is 0.0919. The molecule has 3 aromatic carbocycles. The van der Waals surface area contributed by atoms with Crippen LogP contribution in [0.5, 0.6) is 0 Å². The number of para-hydroxylation sites is 2. The van der Waals surface area contributed by atoms with E-state index in [1.54, 1.807) is 12.3 Å². The molecular weight excluding hydrogens is 560 g/mol. The molecule has 0 radical (unpaired) electrons. The normalized spacial score (nSPS) is 17.0. The Hall–Kier alpha value is -4.69. The number of aromatic amines is 1. The average molecular weight is 591 g/mol. The van der Waals surface area contributed by atoms with Crippen molar-refractivity contribution in [2.75, 3.05) is 0 Å². The standard InChI is InChI=1S/C34H31ClN6O2/c1-21-27(17-24(35)19-36-21)33(42)37-25-13-11-22(12-14-25)20-40-30-9-5-6-10-31(30)41(34(40)43)26-15-16-29-28(18-26)32(39-38-29)23-7-3-2-4-8-23/h2-10,15-19,22,25H,11-14,20H2,1H3,(H,37,42)(H,38,39). The van der Waals surface area contributed by atoms with Gasteiger partial charge in [-0.15, -0.1) is 0 Å². The van der Waals surface area contributed by atoms with Crippen LogP contribution in [0.1, 0.15) is 41.7 Å². The molecule has 216 valence electrons. The Kier molecular flexibility index (Phi) is 7.07. The first-order chi connectivity index (χ1) is 21.0. The van der Waals surface area contributed by atoms with Crippen molar-refractivity contribution in [3.05, 3.63) is 112 Å². The van der Waals surface area contributed by atoms with Crippen molar-refractivity contribution >= 4 is 39.4 Å². The lowest BCUT2D eigenvalue weighted by Crippen LogP contribution is -2.39. The maximum absolute atomic E-state index is 14.0. The van der Waals surface area contributed by atoms with E-state index in [1.807, 2.05) is 88.9 Å². The van der Waals surface area contributed by atoms with E-state index in [0.717, 1.165) is 64.6 Å². The zero-order chi connectivity index (χ0) is 29.5. The molecule has 0 bridgehead atoms. The van der Waals surface area contributed by atoms with E-state index in [1.165, 1.54) is 0 Å². The third-order valence-electron chi connectivity index (χ3n) is 8.61. The van der Waals surface area contributed by atoms with Gasteiger partial charge in [0.2, 0.25) is 0 Å². The van der Waals surface area contributed by atoms with Gasteiger partial charge in [-0.3, -0.25) is 24.0 Å². The highest BCUT2D eigenvalue weighted by Crippen LogP contribution is 2.30. The van der Waals surface area contributed by atoms with Crippen LogP contribution in [0, 0.1) is 12.8 Å². The van der Waals surface area contributed by atoms with Crippen molar-refractivity contribution in [2.24, 2.45) is 5.92 Å². The Balaban J connectivity index is 1.13. The highest BCUT2D eigenvalue weighted by molar-refractivity contribution is 6.30. The van der Waals surface area contributed by atoms with Gasteiger partial charge in [0.15, 0.2) is 0 Å². The number of aryl methyl sites for hydroxylation is 1. The molecule has 1 saturated carbocycles. The molecule has 0 aliphatic heterocycles. The molecule has 0 spiro atoms. The summed E-state index contributed by atoms with van der Waals surface area (Å²) >= 11 is 6.07. The van der Waals surface area contributed by atoms with Crippen molar-refractivity contribution < 1.29 is 4.79 Å². The fraction of sp³-hybridized carbons (Fsp3) is 0.235. The van der Waals surface area contributed by atoms with Gasteiger partial charge in [0.05, 0.1) is 44.2 Å². The molecule has 0 atom stereocenters. The quantitative estimate of drug-likeness (QED) is 0.226. The number of rotatable bonds is 6. The molecule has 1 fully saturated rings.